The summed E-state index contributed by atoms with van der Waals surface area (Å²) < 4.78 is 11.4. The van der Waals surface area contributed by atoms with E-state index in [4.69, 9.17) is 9.47 Å². The lowest BCUT2D eigenvalue weighted by Gasteiger charge is -2.22. The Morgan fingerprint density at radius 2 is 1.52 bits per heavy atom. The van der Waals surface area contributed by atoms with Crippen molar-refractivity contribution in [2.24, 2.45) is 5.92 Å². The van der Waals surface area contributed by atoms with Crippen molar-refractivity contribution >= 4 is 27.7 Å². The monoisotopic (exact) mass is 410 g/mol. The molecule has 154 valence electrons. The van der Waals surface area contributed by atoms with E-state index < -0.39 is 6.16 Å². The molecule has 4 heteroatoms. The predicted molar refractivity (Wildman–Crippen MR) is 120 cm³/mol. The Morgan fingerprint density at radius 1 is 0.839 bits per heavy atom. The summed E-state index contributed by atoms with van der Waals surface area (Å²) >= 11 is 0. The SMILES string of the molecule is CC1C2CCC1c1c2c(O)c2ccccc2c1OC(=O)Oc1ccc2ccccc2c1. The molecule has 3 unspecified atom stereocenters. The number of carbonyl (C=O) groups is 1. The highest BCUT2D eigenvalue weighted by atomic mass is 16.7. The summed E-state index contributed by atoms with van der Waals surface area (Å²) in [4.78, 5) is 12.8. The molecule has 4 nitrogen and oxygen atoms in total. The summed E-state index contributed by atoms with van der Waals surface area (Å²) in [5, 5.41) is 14.6. The molecule has 31 heavy (non-hydrogen) atoms. The summed E-state index contributed by atoms with van der Waals surface area (Å²) in [6.45, 7) is 2.23. The molecule has 0 aliphatic heterocycles. The molecule has 1 N–H and O–H groups in total. The lowest BCUT2D eigenvalue weighted by Crippen LogP contribution is -2.16. The molecule has 0 radical (unpaired) electrons. The Bertz CT molecular complexity index is 1360. The molecule has 3 atom stereocenters. The number of hydrogen-bond donors (Lipinski definition) is 1. The molecule has 2 bridgehead atoms. The van der Waals surface area contributed by atoms with Gasteiger partial charge in [-0.3, -0.25) is 0 Å². The van der Waals surface area contributed by atoms with Crippen molar-refractivity contribution < 1.29 is 19.4 Å². The van der Waals surface area contributed by atoms with Gasteiger partial charge in [-0.25, -0.2) is 4.79 Å². The highest BCUT2D eigenvalue weighted by Crippen LogP contribution is 2.63. The van der Waals surface area contributed by atoms with Gasteiger partial charge in [0.15, 0.2) is 0 Å². The molecule has 0 spiro atoms. The topological polar surface area (TPSA) is 55.8 Å². The summed E-state index contributed by atoms with van der Waals surface area (Å²) in [6, 6.07) is 21.0. The van der Waals surface area contributed by atoms with Crippen LogP contribution in [-0.2, 0) is 0 Å². The Kier molecular flexibility index (Phi) is 3.97. The summed E-state index contributed by atoms with van der Waals surface area (Å²) in [7, 11) is 0. The fourth-order valence-electron chi connectivity index (χ4n) is 5.69. The van der Waals surface area contributed by atoms with Crippen LogP contribution in [-0.4, -0.2) is 11.3 Å². The third kappa shape index (κ3) is 2.71. The zero-order valence-electron chi connectivity index (χ0n) is 17.2. The predicted octanol–water partition coefficient (Wildman–Crippen LogP) is 6.89. The number of phenols is 1. The number of benzene rings is 4. The van der Waals surface area contributed by atoms with Crippen molar-refractivity contribution in [2.75, 3.05) is 0 Å². The molecule has 2 aliphatic rings. The van der Waals surface area contributed by atoms with Crippen LogP contribution in [0.2, 0.25) is 0 Å². The smallest absolute Gasteiger partial charge is 0.507 e. The summed E-state index contributed by atoms with van der Waals surface area (Å²) in [5.41, 5.74) is 1.94. The number of fused-ring (bicyclic) bond motifs is 7. The van der Waals surface area contributed by atoms with Crippen LogP contribution in [0, 0.1) is 5.92 Å². The third-order valence-corrected chi connectivity index (χ3v) is 7.12. The number of phenolic OH excluding ortho intramolecular Hbond substituents is 1. The average Bonchev–Trinajstić information content (AvgIpc) is 3.29. The number of carbonyl (C=O) groups excluding carboxylic acids is 1. The third-order valence-electron chi connectivity index (χ3n) is 7.12. The molecule has 1 fully saturated rings. The Balaban J connectivity index is 1.40. The molecule has 4 aromatic carbocycles. The summed E-state index contributed by atoms with van der Waals surface area (Å²) in [5.74, 6) is 2.34. The second-order valence-electron chi connectivity index (χ2n) is 8.66. The molecule has 2 aliphatic carbocycles. The van der Waals surface area contributed by atoms with Crippen LogP contribution in [0.5, 0.6) is 17.2 Å². The van der Waals surface area contributed by atoms with Crippen LogP contribution in [0.15, 0.2) is 66.7 Å². The van der Waals surface area contributed by atoms with Crippen molar-refractivity contribution in [3.8, 4) is 17.2 Å². The van der Waals surface area contributed by atoms with E-state index in [1.54, 1.807) is 6.07 Å². The van der Waals surface area contributed by atoms with Crippen molar-refractivity contribution in [1.82, 2.24) is 0 Å². The molecule has 6 rings (SSSR count). The minimum Gasteiger partial charge on any atom is -0.507 e. The van der Waals surface area contributed by atoms with Gasteiger partial charge >= 0.3 is 6.16 Å². The van der Waals surface area contributed by atoms with Gasteiger partial charge in [0.25, 0.3) is 0 Å². The standard InChI is InChI=1S/C27H22O4/c1-15-19-12-13-20(15)24-23(19)25(28)21-8-4-5-9-22(21)26(24)31-27(29)30-18-11-10-16-6-2-3-7-17(16)14-18/h2-11,14-15,19-20,28H,12-13H2,1H3. The van der Waals surface area contributed by atoms with E-state index in [0.717, 1.165) is 45.5 Å². The quantitative estimate of drug-likeness (QED) is 0.289. The average molecular weight is 410 g/mol. The minimum absolute atomic E-state index is 0.291. The second kappa shape index (κ2) is 6.74. The van der Waals surface area contributed by atoms with Crippen LogP contribution in [0.1, 0.15) is 42.7 Å². The van der Waals surface area contributed by atoms with Gasteiger partial charge in [-0.1, -0.05) is 61.5 Å². The van der Waals surface area contributed by atoms with Gasteiger partial charge < -0.3 is 14.6 Å². The van der Waals surface area contributed by atoms with E-state index in [1.165, 1.54) is 0 Å². The van der Waals surface area contributed by atoms with Crippen LogP contribution >= 0.6 is 0 Å². The number of rotatable bonds is 2. The van der Waals surface area contributed by atoms with Crippen LogP contribution in [0.25, 0.3) is 21.5 Å². The first-order valence-corrected chi connectivity index (χ1v) is 10.8. The van der Waals surface area contributed by atoms with E-state index >= 15 is 0 Å². The van der Waals surface area contributed by atoms with E-state index in [0.29, 0.717) is 35.0 Å². The van der Waals surface area contributed by atoms with Gasteiger partial charge in [-0.05, 0) is 53.5 Å². The Labute approximate surface area is 180 Å². The van der Waals surface area contributed by atoms with E-state index in [-0.39, 0.29) is 0 Å². The first-order valence-electron chi connectivity index (χ1n) is 10.8. The zero-order chi connectivity index (χ0) is 21.1. The molecular formula is C27H22O4. The van der Waals surface area contributed by atoms with Gasteiger partial charge in [0.05, 0.1) is 0 Å². The fraction of sp³-hybridized carbons (Fsp3) is 0.222. The van der Waals surface area contributed by atoms with E-state index in [9.17, 15) is 9.90 Å². The minimum atomic E-state index is -0.760. The normalized spacial score (nSPS) is 21.4. The molecule has 0 aromatic heterocycles. The first-order chi connectivity index (χ1) is 15.1. The van der Waals surface area contributed by atoms with Crippen LogP contribution < -0.4 is 9.47 Å². The maximum atomic E-state index is 12.8. The van der Waals surface area contributed by atoms with Gasteiger partial charge in [0.1, 0.15) is 17.2 Å². The van der Waals surface area contributed by atoms with Gasteiger partial charge in [-0.2, -0.15) is 0 Å². The van der Waals surface area contributed by atoms with Crippen molar-refractivity contribution in [1.29, 1.82) is 0 Å². The molecule has 0 heterocycles. The Hall–Kier alpha value is -3.53. The van der Waals surface area contributed by atoms with Crippen LogP contribution in [0.4, 0.5) is 4.79 Å². The highest BCUT2D eigenvalue weighted by molar-refractivity contribution is 5.98. The maximum absolute atomic E-state index is 12.8. The molecule has 0 saturated heterocycles. The lowest BCUT2D eigenvalue weighted by atomic mass is 9.87. The summed E-state index contributed by atoms with van der Waals surface area (Å²) in [6.07, 6.45) is 1.35. The van der Waals surface area contributed by atoms with E-state index in [1.807, 2.05) is 60.7 Å². The van der Waals surface area contributed by atoms with E-state index in [2.05, 4.69) is 6.92 Å². The highest BCUT2D eigenvalue weighted by Gasteiger charge is 2.47. The maximum Gasteiger partial charge on any atom is 0.519 e. The van der Waals surface area contributed by atoms with Gasteiger partial charge in [0.2, 0.25) is 0 Å². The number of ether oxygens (including phenoxy) is 2. The largest absolute Gasteiger partial charge is 0.519 e. The first kappa shape index (κ1) is 18.3. The van der Waals surface area contributed by atoms with Crippen molar-refractivity contribution in [2.45, 2.75) is 31.6 Å². The zero-order valence-corrected chi connectivity index (χ0v) is 17.2. The second-order valence-corrected chi connectivity index (χ2v) is 8.66. The molecule has 0 amide bonds. The van der Waals surface area contributed by atoms with Crippen molar-refractivity contribution in [3.05, 3.63) is 77.9 Å². The van der Waals surface area contributed by atoms with Gasteiger partial charge in [0, 0.05) is 21.9 Å². The lowest BCUT2D eigenvalue weighted by molar-refractivity contribution is 0.152. The van der Waals surface area contributed by atoms with Crippen LogP contribution in [0.3, 0.4) is 0 Å². The molecule has 1 saturated carbocycles. The molecule has 4 aromatic rings. The Morgan fingerprint density at radius 3 is 2.32 bits per heavy atom. The van der Waals surface area contributed by atoms with Crippen molar-refractivity contribution in [3.63, 3.8) is 0 Å². The fourth-order valence-corrected chi connectivity index (χ4v) is 5.69. The van der Waals surface area contributed by atoms with Gasteiger partial charge in [-0.15, -0.1) is 0 Å². The molecular weight excluding hydrogens is 388 g/mol. The number of aromatic hydroxyl groups is 1. The number of hydrogen-bond acceptors (Lipinski definition) is 4.